The molecule has 2 nitrogen and oxygen atoms in total. The van der Waals surface area contributed by atoms with Gasteiger partial charge in [-0.3, -0.25) is 4.99 Å². The van der Waals surface area contributed by atoms with Crippen LogP contribution in [0.1, 0.15) is 24.0 Å². The molecule has 0 saturated heterocycles. The molecule has 17 heavy (non-hydrogen) atoms. The number of halogens is 1. The van der Waals surface area contributed by atoms with Crippen molar-refractivity contribution >= 4 is 12.4 Å². The van der Waals surface area contributed by atoms with Crippen LogP contribution in [0.5, 0.6) is 0 Å². The summed E-state index contributed by atoms with van der Waals surface area (Å²) in [6.45, 7) is 0.835. The van der Waals surface area contributed by atoms with Gasteiger partial charge in [-0.2, -0.15) is 0 Å². The highest BCUT2D eigenvalue weighted by Crippen LogP contribution is 2.28. The second-order valence-electron chi connectivity index (χ2n) is 4.68. The fourth-order valence-corrected chi connectivity index (χ4v) is 2.52. The van der Waals surface area contributed by atoms with E-state index in [0.29, 0.717) is 6.04 Å². The molecule has 1 aliphatic carbocycles. The number of hydrogen-bond acceptors (Lipinski definition) is 2. The lowest BCUT2D eigenvalue weighted by atomic mass is 9.89. The van der Waals surface area contributed by atoms with Gasteiger partial charge in [-0.1, -0.05) is 23.8 Å². The first-order valence-electron chi connectivity index (χ1n) is 6.04. The Morgan fingerprint density at radius 3 is 3.12 bits per heavy atom. The van der Waals surface area contributed by atoms with E-state index in [4.69, 9.17) is 0 Å². The molecule has 0 bridgehead atoms. The Bertz CT molecular complexity index is 483. The molecule has 3 heteroatoms. The van der Waals surface area contributed by atoms with Gasteiger partial charge in [0.05, 0.1) is 18.9 Å². The Kier molecular flexibility index (Phi) is 2.67. The van der Waals surface area contributed by atoms with E-state index in [1.54, 1.807) is 12.4 Å². The molecule has 0 amide bonds. The van der Waals surface area contributed by atoms with Crippen LogP contribution in [0, 0.1) is 5.82 Å². The molecule has 1 aromatic carbocycles. The van der Waals surface area contributed by atoms with Crippen LogP contribution >= 0.6 is 0 Å². The molecule has 0 saturated carbocycles. The van der Waals surface area contributed by atoms with E-state index in [0.717, 1.165) is 36.9 Å². The van der Waals surface area contributed by atoms with Crippen molar-refractivity contribution in [3.05, 3.63) is 40.7 Å². The van der Waals surface area contributed by atoms with Crippen LogP contribution in [0.25, 0.3) is 6.08 Å². The normalized spacial score (nSPS) is 21.9. The maximum Gasteiger partial charge on any atom is 0.130 e. The Morgan fingerprint density at radius 2 is 2.29 bits per heavy atom. The largest absolute Gasteiger partial charge is 0.372 e. The molecule has 0 fully saturated rings. The molecule has 0 spiro atoms. The van der Waals surface area contributed by atoms with Crippen molar-refractivity contribution in [1.29, 1.82) is 0 Å². The highest BCUT2D eigenvalue weighted by molar-refractivity contribution is 5.61. The number of benzene rings is 1. The number of aliphatic imine (C=N–C) groups is 1. The fourth-order valence-electron chi connectivity index (χ4n) is 2.52. The predicted octanol–water partition coefficient (Wildman–Crippen LogP) is 2.55. The summed E-state index contributed by atoms with van der Waals surface area (Å²) in [6.07, 6.45) is 6.74. The maximum absolute atomic E-state index is 13.7. The third kappa shape index (κ3) is 2.09. The molecule has 1 aromatic rings. The van der Waals surface area contributed by atoms with Crippen molar-refractivity contribution in [2.24, 2.45) is 4.99 Å². The highest BCUT2D eigenvalue weighted by Gasteiger charge is 2.17. The van der Waals surface area contributed by atoms with Crippen molar-refractivity contribution in [3.63, 3.8) is 0 Å². The zero-order valence-corrected chi connectivity index (χ0v) is 9.62. The van der Waals surface area contributed by atoms with Crippen LogP contribution in [0.15, 0.2) is 28.8 Å². The first-order valence-corrected chi connectivity index (χ1v) is 6.04. The Hall–Kier alpha value is -1.64. The quantitative estimate of drug-likeness (QED) is 0.829. The second kappa shape index (κ2) is 4.32. The summed E-state index contributed by atoms with van der Waals surface area (Å²) in [5.41, 5.74) is 3.24. The maximum atomic E-state index is 13.7. The van der Waals surface area contributed by atoms with Gasteiger partial charge >= 0.3 is 0 Å². The molecule has 2 aliphatic rings. The first kappa shape index (κ1) is 10.5. The van der Waals surface area contributed by atoms with Gasteiger partial charge in [-0.05, 0) is 30.9 Å². The standard InChI is InChI=1S/C14H15FN2/c15-14-3-1-2-11-5-4-10(7-13(11)14)6-12-8-16-9-17-12/h1-3,7,9,12H,4-6,8H2,(H,16,17)/t12-/m1/s1. The van der Waals surface area contributed by atoms with E-state index in [2.05, 4.69) is 10.3 Å². The predicted molar refractivity (Wildman–Crippen MR) is 67.6 cm³/mol. The number of fused-ring (bicyclic) bond motifs is 1. The number of nitrogens with one attached hydrogen (secondary N) is 1. The van der Waals surface area contributed by atoms with Gasteiger partial charge in [0.25, 0.3) is 0 Å². The Balaban J connectivity index is 1.81. The third-order valence-corrected chi connectivity index (χ3v) is 3.44. The van der Waals surface area contributed by atoms with E-state index in [-0.39, 0.29) is 5.82 Å². The number of aryl methyl sites for hydroxylation is 1. The number of rotatable bonds is 2. The molecule has 0 unspecified atom stereocenters. The minimum Gasteiger partial charge on any atom is -0.372 e. The van der Waals surface area contributed by atoms with Gasteiger partial charge in [0.15, 0.2) is 0 Å². The van der Waals surface area contributed by atoms with Crippen LogP contribution < -0.4 is 5.32 Å². The Morgan fingerprint density at radius 1 is 1.35 bits per heavy atom. The van der Waals surface area contributed by atoms with Crippen LogP contribution in [0.2, 0.25) is 0 Å². The van der Waals surface area contributed by atoms with Crippen molar-refractivity contribution in [1.82, 2.24) is 5.32 Å². The van der Waals surface area contributed by atoms with Crippen LogP contribution in [0.4, 0.5) is 4.39 Å². The minimum atomic E-state index is -0.102. The van der Waals surface area contributed by atoms with E-state index in [9.17, 15) is 4.39 Å². The molecule has 1 atom stereocenters. The van der Waals surface area contributed by atoms with Gasteiger partial charge in [0, 0.05) is 5.56 Å². The van der Waals surface area contributed by atoms with Gasteiger partial charge in [0.1, 0.15) is 5.82 Å². The number of hydrogen-bond donors (Lipinski definition) is 1. The molecule has 1 heterocycles. The lowest BCUT2D eigenvalue weighted by molar-refractivity contribution is 0.613. The van der Waals surface area contributed by atoms with Crippen molar-refractivity contribution < 1.29 is 4.39 Å². The first-order chi connectivity index (χ1) is 8.33. The lowest BCUT2D eigenvalue weighted by Crippen LogP contribution is -2.25. The zero-order valence-electron chi connectivity index (χ0n) is 9.62. The summed E-state index contributed by atoms with van der Waals surface area (Å²) in [5.74, 6) is -0.102. The molecular weight excluding hydrogens is 215 g/mol. The van der Waals surface area contributed by atoms with E-state index >= 15 is 0 Å². The van der Waals surface area contributed by atoms with Crippen molar-refractivity contribution in [2.75, 3.05) is 6.54 Å². The van der Waals surface area contributed by atoms with E-state index < -0.39 is 0 Å². The summed E-state index contributed by atoms with van der Waals surface area (Å²) in [7, 11) is 0. The summed E-state index contributed by atoms with van der Waals surface area (Å²) in [4.78, 5) is 4.15. The van der Waals surface area contributed by atoms with Gasteiger partial charge < -0.3 is 5.32 Å². The molecule has 1 N–H and O–H groups in total. The fraction of sp³-hybridized carbons (Fsp3) is 0.357. The summed E-state index contributed by atoms with van der Waals surface area (Å²) in [5, 5.41) is 3.22. The molecule has 0 radical (unpaired) electrons. The zero-order chi connectivity index (χ0) is 11.7. The molecule has 0 aromatic heterocycles. The van der Waals surface area contributed by atoms with Gasteiger partial charge in [0.2, 0.25) is 0 Å². The van der Waals surface area contributed by atoms with Crippen molar-refractivity contribution in [2.45, 2.75) is 25.3 Å². The molecule has 3 rings (SSSR count). The highest BCUT2D eigenvalue weighted by atomic mass is 19.1. The number of nitrogens with zero attached hydrogens (tertiary/aromatic N) is 1. The average Bonchev–Trinajstić information content (AvgIpc) is 2.83. The molecule has 88 valence electrons. The molecule has 1 aliphatic heterocycles. The smallest absolute Gasteiger partial charge is 0.130 e. The molecular formula is C14H15FN2. The second-order valence-corrected chi connectivity index (χ2v) is 4.68. The van der Waals surface area contributed by atoms with Gasteiger partial charge in [-0.15, -0.1) is 0 Å². The summed E-state index contributed by atoms with van der Waals surface area (Å²) < 4.78 is 13.7. The monoisotopic (exact) mass is 230 g/mol. The van der Waals surface area contributed by atoms with Crippen molar-refractivity contribution in [3.8, 4) is 0 Å². The van der Waals surface area contributed by atoms with Crippen LogP contribution in [-0.2, 0) is 6.42 Å². The average molecular weight is 230 g/mol. The minimum absolute atomic E-state index is 0.102. The topological polar surface area (TPSA) is 24.4 Å². The SMILES string of the molecule is Fc1cccc2c1C=C(C[C@@H]1CN=CN1)CC2. The third-order valence-electron chi connectivity index (χ3n) is 3.44. The summed E-state index contributed by atoms with van der Waals surface area (Å²) >= 11 is 0. The van der Waals surface area contributed by atoms with E-state index in [1.165, 1.54) is 11.6 Å². The Labute approximate surface area is 100 Å². The van der Waals surface area contributed by atoms with E-state index in [1.807, 2.05) is 12.1 Å². The lowest BCUT2D eigenvalue weighted by Gasteiger charge is -2.19. The van der Waals surface area contributed by atoms with Crippen LogP contribution in [0.3, 0.4) is 0 Å². The van der Waals surface area contributed by atoms with Gasteiger partial charge in [-0.25, -0.2) is 4.39 Å². The summed E-state index contributed by atoms with van der Waals surface area (Å²) in [6, 6.07) is 5.74. The van der Waals surface area contributed by atoms with Crippen LogP contribution in [-0.4, -0.2) is 18.9 Å².